The minimum atomic E-state index is 0.304. The van der Waals surface area contributed by atoms with Crippen LogP contribution in [0.1, 0.15) is 142 Å². The maximum Gasteiger partial charge on any atom is 0.257 e. The molecule has 208 valence electrons. The van der Waals surface area contributed by atoms with Crippen LogP contribution in [-0.4, -0.2) is 16.1 Å². The van der Waals surface area contributed by atoms with Gasteiger partial charge in [-0.05, 0) is 25.0 Å². The Hall–Kier alpha value is -1.97. The molecule has 0 spiro atoms. The number of Topliss-reactive ketones (excluding diaryl/α,β-unsaturated/α-hetero) is 2. The van der Waals surface area contributed by atoms with Crippen molar-refractivity contribution < 1.29 is 14.2 Å². The molecule has 0 fully saturated rings. The Morgan fingerprint density at radius 3 is 1.68 bits per heavy atom. The Labute approximate surface area is 227 Å². The van der Waals surface area contributed by atoms with Crippen molar-refractivity contribution >= 4 is 22.6 Å². The van der Waals surface area contributed by atoms with E-state index in [0.717, 1.165) is 49.0 Å². The summed E-state index contributed by atoms with van der Waals surface area (Å²) in [6, 6.07) is 8.26. The molecule has 37 heavy (non-hydrogen) atoms. The zero-order chi connectivity index (χ0) is 26.7. The minimum Gasteiger partial charge on any atom is -0.295 e. The van der Waals surface area contributed by atoms with Crippen molar-refractivity contribution in [1.29, 1.82) is 0 Å². The number of benzene rings is 1. The molecule has 0 saturated heterocycles. The average Bonchev–Trinajstić information content (AvgIpc) is 3.19. The molecular formula is C33H55N2O2+. The summed E-state index contributed by atoms with van der Waals surface area (Å²) >= 11 is 0. The monoisotopic (exact) mass is 511 g/mol. The molecule has 0 bridgehead atoms. The van der Waals surface area contributed by atoms with Crippen molar-refractivity contribution in [3.8, 4) is 0 Å². The van der Waals surface area contributed by atoms with Crippen LogP contribution in [0.5, 0.6) is 0 Å². The number of ketones is 2. The van der Waals surface area contributed by atoms with Crippen molar-refractivity contribution in [1.82, 2.24) is 4.57 Å². The SMILES string of the molecule is CCCCCCCCCCC(=O)Cn1c(CC)[n+](CC(=O)CCCCCCCCCC)c2ccccc21. The summed E-state index contributed by atoms with van der Waals surface area (Å²) in [5.41, 5.74) is 2.15. The molecule has 2 aromatic rings. The number of hydrogen-bond donors (Lipinski definition) is 0. The molecule has 1 aromatic carbocycles. The van der Waals surface area contributed by atoms with Gasteiger partial charge < -0.3 is 0 Å². The number of rotatable bonds is 23. The molecule has 0 saturated carbocycles. The number of para-hydroxylation sites is 2. The Morgan fingerprint density at radius 2 is 1.14 bits per heavy atom. The van der Waals surface area contributed by atoms with Gasteiger partial charge in [0.15, 0.2) is 22.6 Å². The van der Waals surface area contributed by atoms with Gasteiger partial charge in [-0.15, -0.1) is 0 Å². The second kappa shape index (κ2) is 19.2. The van der Waals surface area contributed by atoms with E-state index in [1.54, 1.807) is 0 Å². The summed E-state index contributed by atoms with van der Waals surface area (Å²) in [4.78, 5) is 25.8. The van der Waals surface area contributed by atoms with Gasteiger partial charge in [-0.1, -0.05) is 123 Å². The lowest BCUT2D eigenvalue weighted by molar-refractivity contribution is -0.667. The number of aromatic nitrogens is 2. The first-order chi connectivity index (χ1) is 18.1. The molecule has 4 nitrogen and oxygen atoms in total. The molecule has 2 rings (SSSR count). The lowest BCUT2D eigenvalue weighted by atomic mass is 10.1. The smallest absolute Gasteiger partial charge is 0.257 e. The second-order valence-corrected chi connectivity index (χ2v) is 11.0. The van der Waals surface area contributed by atoms with Gasteiger partial charge in [0.2, 0.25) is 0 Å². The van der Waals surface area contributed by atoms with Crippen LogP contribution < -0.4 is 4.57 Å². The van der Waals surface area contributed by atoms with Gasteiger partial charge in [0.25, 0.3) is 5.82 Å². The molecule has 0 N–H and O–H groups in total. The number of unbranched alkanes of at least 4 members (excludes halogenated alkanes) is 14. The largest absolute Gasteiger partial charge is 0.295 e. The zero-order valence-corrected chi connectivity index (χ0v) is 24.4. The highest BCUT2D eigenvalue weighted by Gasteiger charge is 2.26. The van der Waals surface area contributed by atoms with Crippen LogP contribution >= 0.6 is 0 Å². The van der Waals surface area contributed by atoms with Gasteiger partial charge in [0, 0.05) is 19.3 Å². The Balaban J connectivity index is 1.87. The summed E-state index contributed by atoms with van der Waals surface area (Å²) < 4.78 is 4.35. The van der Waals surface area contributed by atoms with Crippen LogP contribution in [0.4, 0.5) is 0 Å². The standard InChI is InChI=1S/C33H55N2O2/c1-4-7-9-11-13-15-17-19-23-29(36)27-34-31-25-21-22-26-32(31)35(33(34)6-3)28-30(37)24-20-18-16-14-12-10-8-5-2/h21-22,25-26H,4-20,23-24,27-28H2,1-3H3/q+1. The topological polar surface area (TPSA) is 43.0 Å². The Bertz CT molecular complexity index is 843. The molecular weight excluding hydrogens is 456 g/mol. The highest BCUT2D eigenvalue weighted by molar-refractivity contribution is 5.82. The number of carbonyl (C=O) groups excluding carboxylic acids is 2. The van der Waals surface area contributed by atoms with Crippen molar-refractivity contribution in [2.45, 2.75) is 156 Å². The minimum absolute atomic E-state index is 0.304. The highest BCUT2D eigenvalue weighted by atomic mass is 16.1. The average molecular weight is 512 g/mol. The van der Waals surface area contributed by atoms with Crippen LogP contribution in [0.2, 0.25) is 0 Å². The fourth-order valence-corrected chi connectivity index (χ4v) is 5.50. The third kappa shape index (κ3) is 11.5. The van der Waals surface area contributed by atoms with E-state index in [1.807, 2.05) is 12.1 Å². The summed E-state index contributed by atoms with van der Waals surface area (Å²) in [5, 5.41) is 0. The first kappa shape index (κ1) is 31.2. The lowest BCUT2D eigenvalue weighted by Crippen LogP contribution is -2.41. The predicted molar refractivity (Wildman–Crippen MR) is 156 cm³/mol. The van der Waals surface area contributed by atoms with Gasteiger partial charge >= 0.3 is 0 Å². The highest BCUT2D eigenvalue weighted by Crippen LogP contribution is 2.17. The quantitative estimate of drug-likeness (QED) is 0.111. The number of imidazole rings is 1. The van der Waals surface area contributed by atoms with E-state index in [-0.39, 0.29) is 0 Å². The molecule has 4 heteroatoms. The Kier molecular flexibility index (Phi) is 16.2. The zero-order valence-electron chi connectivity index (χ0n) is 24.4. The number of nitrogens with zero attached hydrogens (tertiary/aromatic N) is 2. The van der Waals surface area contributed by atoms with Gasteiger partial charge in [-0.25, -0.2) is 9.13 Å². The van der Waals surface area contributed by atoms with Crippen molar-refractivity contribution in [3.63, 3.8) is 0 Å². The van der Waals surface area contributed by atoms with Gasteiger partial charge in [-0.2, -0.15) is 0 Å². The van der Waals surface area contributed by atoms with E-state index in [0.29, 0.717) is 37.5 Å². The van der Waals surface area contributed by atoms with E-state index in [4.69, 9.17) is 0 Å². The van der Waals surface area contributed by atoms with Crippen molar-refractivity contribution in [2.75, 3.05) is 0 Å². The van der Waals surface area contributed by atoms with Gasteiger partial charge in [-0.3, -0.25) is 9.59 Å². The van der Waals surface area contributed by atoms with Crippen LogP contribution in [0.15, 0.2) is 24.3 Å². The molecule has 1 heterocycles. The fraction of sp³-hybridized carbons (Fsp3) is 0.727. The van der Waals surface area contributed by atoms with E-state index < -0.39 is 0 Å². The second-order valence-electron chi connectivity index (χ2n) is 11.0. The van der Waals surface area contributed by atoms with Gasteiger partial charge in [0.1, 0.15) is 13.1 Å². The van der Waals surface area contributed by atoms with Crippen LogP contribution in [0.25, 0.3) is 11.0 Å². The third-order valence-corrected chi connectivity index (χ3v) is 7.69. The molecule has 0 radical (unpaired) electrons. The maximum atomic E-state index is 12.9. The van der Waals surface area contributed by atoms with Crippen LogP contribution in [0, 0.1) is 0 Å². The Morgan fingerprint density at radius 1 is 0.649 bits per heavy atom. The summed E-state index contributed by atoms with van der Waals surface area (Å²) in [5.74, 6) is 1.70. The van der Waals surface area contributed by atoms with Gasteiger partial charge in [0.05, 0.1) is 0 Å². The van der Waals surface area contributed by atoms with Crippen LogP contribution in [-0.2, 0) is 29.1 Å². The fourth-order valence-electron chi connectivity index (χ4n) is 5.50. The summed E-state index contributed by atoms with van der Waals surface area (Å²) in [6.07, 6.45) is 22.1. The first-order valence-electron chi connectivity index (χ1n) is 15.7. The molecule has 0 aliphatic rings. The molecule has 0 aliphatic heterocycles. The summed E-state index contributed by atoms with van der Waals surface area (Å²) in [7, 11) is 0. The van der Waals surface area contributed by atoms with E-state index in [9.17, 15) is 9.59 Å². The molecule has 0 atom stereocenters. The molecule has 0 unspecified atom stereocenters. The molecule has 0 aliphatic carbocycles. The maximum absolute atomic E-state index is 12.9. The summed E-state index contributed by atoms with van der Waals surface area (Å²) in [6.45, 7) is 7.47. The van der Waals surface area contributed by atoms with E-state index in [2.05, 4.69) is 42.0 Å². The molecule has 0 amide bonds. The van der Waals surface area contributed by atoms with Crippen LogP contribution in [0.3, 0.4) is 0 Å². The lowest BCUT2D eigenvalue weighted by Gasteiger charge is -2.05. The predicted octanol–water partition coefficient (Wildman–Crippen LogP) is 8.69. The number of carbonyl (C=O) groups is 2. The van der Waals surface area contributed by atoms with Crippen molar-refractivity contribution in [3.05, 3.63) is 30.1 Å². The third-order valence-electron chi connectivity index (χ3n) is 7.69. The number of hydrogen-bond acceptors (Lipinski definition) is 2. The first-order valence-corrected chi connectivity index (χ1v) is 15.7. The van der Waals surface area contributed by atoms with E-state index in [1.165, 1.54) is 77.0 Å². The van der Waals surface area contributed by atoms with Crippen molar-refractivity contribution in [2.24, 2.45) is 0 Å². The number of fused-ring (bicyclic) bond motifs is 1. The molecule has 1 aromatic heterocycles. The normalized spacial score (nSPS) is 11.4. The van der Waals surface area contributed by atoms with E-state index >= 15 is 0 Å².